The van der Waals surface area contributed by atoms with Crippen molar-refractivity contribution in [1.82, 2.24) is 29.5 Å². The molecule has 0 aromatic carbocycles. The molecule has 1 aliphatic heterocycles. The third-order valence-electron chi connectivity index (χ3n) is 5.19. The Bertz CT molecular complexity index is 999. The Morgan fingerprint density at radius 2 is 2.00 bits per heavy atom. The first-order valence-electron chi connectivity index (χ1n) is 9.45. The first kappa shape index (κ1) is 18.5. The van der Waals surface area contributed by atoms with E-state index in [1.54, 1.807) is 10.9 Å². The van der Waals surface area contributed by atoms with Crippen LogP contribution in [0, 0.1) is 0 Å². The Hall–Kier alpha value is -2.84. The predicted molar refractivity (Wildman–Crippen MR) is 109 cm³/mol. The van der Waals surface area contributed by atoms with Crippen molar-refractivity contribution in [3.63, 3.8) is 0 Å². The lowest BCUT2D eigenvalue weighted by molar-refractivity contribution is -0.118. The molecule has 1 N–H and O–H groups in total. The van der Waals surface area contributed by atoms with Gasteiger partial charge in [0.05, 0.1) is 24.5 Å². The van der Waals surface area contributed by atoms with E-state index in [2.05, 4.69) is 44.2 Å². The number of carbonyl (C=O) groups excluding carboxylic acids is 1. The van der Waals surface area contributed by atoms with E-state index < -0.39 is 0 Å². The minimum absolute atomic E-state index is 0.0420. The zero-order chi connectivity index (χ0) is 19.7. The second-order valence-electron chi connectivity index (χ2n) is 7.52. The molecule has 1 aliphatic rings. The fourth-order valence-corrected chi connectivity index (χ4v) is 3.61. The fraction of sp³-hybridized carbons (Fsp3) is 0.400. The van der Waals surface area contributed by atoms with Crippen molar-refractivity contribution in [3.05, 3.63) is 36.9 Å². The molecular weight excluding hydrogens is 354 g/mol. The molecule has 28 heavy (non-hydrogen) atoms. The van der Waals surface area contributed by atoms with E-state index in [9.17, 15) is 4.79 Å². The second kappa shape index (κ2) is 7.65. The number of likely N-dealkylation sites (N-methyl/N-ethyl adjacent to an activating group) is 1. The number of pyridine rings is 2. The van der Waals surface area contributed by atoms with Crippen LogP contribution in [0.4, 0.5) is 5.82 Å². The van der Waals surface area contributed by atoms with E-state index in [1.807, 2.05) is 37.8 Å². The third kappa shape index (κ3) is 4.02. The summed E-state index contributed by atoms with van der Waals surface area (Å²) in [5.74, 6) is 0.504. The third-order valence-corrected chi connectivity index (χ3v) is 5.19. The number of carbonyl (C=O) groups is 1. The van der Waals surface area contributed by atoms with Crippen molar-refractivity contribution in [3.8, 4) is 11.1 Å². The maximum Gasteiger partial charge on any atom is 0.239 e. The minimum Gasteiger partial charge on any atom is -0.310 e. The summed E-state index contributed by atoms with van der Waals surface area (Å²) in [6.07, 6.45) is 7.26. The van der Waals surface area contributed by atoms with Crippen LogP contribution in [0.5, 0.6) is 0 Å². The van der Waals surface area contributed by atoms with Gasteiger partial charge in [-0.2, -0.15) is 5.10 Å². The van der Waals surface area contributed by atoms with Crippen molar-refractivity contribution in [1.29, 1.82) is 0 Å². The van der Waals surface area contributed by atoms with Crippen molar-refractivity contribution < 1.29 is 4.79 Å². The van der Waals surface area contributed by atoms with Gasteiger partial charge in [-0.05, 0) is 26.1 Å². The van der Waals surface area contributed by atoms with Gasteiger partial charge in [-0.15, -0.1) is 0 Å². The highest BCUT2D eigenvalue weighted by molar-refractivity contribution is 5.93. The maximum absolute atomic E-state index is 12.5. The molecule has 4 heterocycles. The summed E-state index contributed by atoms with van der Waals surface area (Å²) in [6.45, 7) is 5.39. The summed E-state index contributed by atoms with van der Waals surface area (Å²) in [7, 11) is 4.00. The molecule has 8 nitrogen and oxygen atoms in total. The van der Waals surface area contributed by atoms with Gasteiger partial charge in [0.25, 0.3) is 0 Å². The summed E-state index contributed by atoms with van der Waals surface area (Å²) < 4.78 is 1.76. The normalized spacial score (nSPS) is 18.5. The molecule has 3 aromatic heterocycles. The van der Waals surface area contributed by atoms with Crippen LogP contribution in [-0.2, 0) is 11.8 Å². The number of rotatable bonds is 4. The van der Waals surface area contributed by atoms with Gasteiger partial charge in [0, 0.05) is 61.6 Å². The molecule has 0 bridgehead atoms. The predicted octanol–water partition coefficient (Wildman–Crippen LogP) is 1.60. The van der Waals surface area contributed by atoms with Crippen molar-refractivity contribution in [2.75, 3.05) is 38.5 Å². The Kier molecular flexibility index (Phi) is 5.06. The Labute approximate surface area is 164 Å². The van der Waals surface area contributed by atoms with E-state index >= 15 is 0 Å². The Morgan fingerprint density at radius 3 is 2.75 bits per heavy atom. The van der Waals surface area contributed by atoms with Gasteiger partial charge in [-0.25, -0.2) is 4.98 Å². The summed E-state index contributed by atoms with van der Waals surface area (Å²) in [5.41, 5.74) is 2.78. The van der Waals surface area contributed by atoms with Crippen LogP contribution in [0.2, 0.25) is 0 Å². The average Bonchev–Trinajstić information content (AvgIpc) is 3.10. The number of fused-ring (bicyclic) bond motifs is 1. The number of anilines is 1. The van der Waals surface area contributed by atoms with E-state index in [0.717, 1.165) is 41.7 Å². The highest BCUT2D eigenvalue weighted by atomic mass is 16.2. The van der Waals surface area contributed by atoms with E-state index in [1.165, 1.54) is 0 Å². The lowest BCUT2D eigenvalue weighted by atomic mass is 10.1. The summed E-state index contributed by atoms with van der Waals surface area (Å²) in [4.78, 5) is 25.8. The molecule has 1 amide bonds. The molecule has 1 unspecified atom stereocenters. The molecule has 3 aromatic rings. The van der Waals surface area contributed by atoms with Gasteiger partial charge in [0.1, 0.15) is 5.82 Å². The molecule has 1 fully saturated rings. The van der Waals surface area contributed by atoms with Crippen molar-refractivity contribution in [2.24, 2.45) is 7.05 Å². The van der Waals surface area contributed by atoms with Crippen LogP contribution in [0.15, 0.2) is 36.9 Å². The standard InChI is InChI=1S/C20H25N7O/c1-14-11-25(2)4-5-27(14)13-20(28)24-19-7-15-6-16(8-21-18(15)10-22-19)17-9-23-26(3)12-17/h6-10,12,14H,4-5,11,13H2,1-3H3,(H,22,24,28). The number of amides is 1. The lowest BCUT2D eigenvalue weighted by Crippen LogP contribution is -2.52. The zero-order valence-corrected chi connectivity index (χ0v) is 16.5. The van der Waals surface area contributed by atoms with E-state index in [4.69, 9.17) is 0 Å². The van der Waals surface area contributed by atoms with Crippen LogP contribution in [0.3, 0.4) is 0 Å². The molecule has 0 saturated carbocycles. The Balaban J connectivity index is 1.48. The number of hydrogen-bond acceptors (Lipinski definition) is 6. The molecule has 4 rings (SSSR count). The minimum atomic E-state index is -0.0420. The lowest BCUT2D eigenvalue weighted by Gasteiger charge is -2.37. The van der Waals surface area contributed by atoms with Crippen LogP contribution in [0.25, 0.3) is 22.0 Å². The van der Waals surface area contributed by atoms with Crippen molar-refractivity contribution in [2.45, 2.75) is 13.0 Å². The largest absolute Gasteiger partial charge is 0.310 e. The monoisotopic (exact) mass is 379 g/mol. The average molecular weight is 379 g/mol. The van der Waals surface area contributed by atoms with Gasteiger partial charge >= 0.3 is 0 Å². The maximum atomic E-state index is 12.5. The topological polar surface area (TPSA) is 79.2 Å². The van der Waals surface area contributed by atoms with Crippen LogP contribution in [0.1, 0.15) is 6.92 Å². The molecule has 0 aliphatic carbocycles. The van der Waals surface area contributed by atoms with Gasteiger partial charge in [0.2, 0.25) is 5.91 Å². The second-order valence-corrected chi connectivity index (χ2v) is 7.52. The first-order valence-corrected chi connectivity index (χ1v) is 9.45. The molecule has 8 heteroatoms. The highest BCUT2D eigenvalue weighted by Gasteiger charge is 2.23. The first-order chi connectivity index (χ1) is 13.5. The van der Waals surface area contributed by atoms with Crippen LogP contribution >= 0.6 is 0 Å². The van der Waals surface area contributed by atoms with E-state index in [0.29, 0.717) is 18.4 Å². The summed E-state index contributed by atoms with van der Waals surface area (Å²) in [6, 6.07) is 4.27. The van der Waals surface area contributed by atoms with Gasteiger partial charge in [-0.1, -0.05) is 0 Å². The fourth-order valence-electron chi connectivity index (χ4n) is 3.61. The van der Waals surface area contributed by atoms with Crippen molar-refractivity contribution >= 4 is 22.6 Å². The van der Waals surface area contributed by atoms with Crippen LogP contribution in [-0.4, -0.2) is 74.7 Å². The smallest absolute Gasteiger partial charge is 0.239 e. The van der Waals surface area contributed by atoms with Crippen LogP contribution < -0.4 is 5.32 Å². The van der Waals surface area contributed by atoms with Gasteiger partial charge in [0.15, 0.2) is 0 Å². The molecule has 1 saturated heterocycles. The molecule has 1 atom stereocenters. The number of piperazine rings is 1. The zero-order valence-electron chi connectivity index (χ0n) is 16.5. The summed E-state index contributed by atoms with van der Waals surface area (Å²) >= 11 is 0. The molecular formula is C20H25N7O. The van der Waals surface area contributed by atoms with Gasteiger partial charge < -0.3 is 10.2 Å². The number of hydrogen-bond donors (Lipinski definition) is 1. The van der Waals surface area contributed by atoms with E-state index in [-0.39, 0.29) is 5.91 Å². The highest BCUT2D eigenvalue weighted by Crippen LogP contribution is 2.23. The molecule has 0 radical (unpaired) electrons. The summed E-state index contributed by atoms with van der Waals surface area (Å²) in [5, 5.41) is 8.07. The van der Waals surface area contributed by atoms with Gasteiger partial charge in [-0.3, -0.25) is 19.4 Å². The number of aromatic nitrogens is 4. The number of nitrogens with one attached hydrogen (secondary N) is 1. The quantitative estimate of drug-likeness (QED) is 0.742. The molecule has 146 valence electrons. The number of aryl methyl sites for hydroxylation is 1. The number of nitrogens with zero attached hydrogens (tertiary/aromatic N) is 6. The SMILES string of the molecule is CC1CN(C)CCN1CC(=O)Nc1cc2cc(-c3cnn(C)c3)cnc2cn1. The molecule has 0 spiro atoms. The Morgan fingerprint density at radius 1 is 1.14 bits per heavy atom.